The Morgan fingerprint density at radius 1 is 0.533 bits per heavy atom. The number of unbranched alkanes of at least 4 members (excludes halogenated alkanes) is 9. The van der Waals surface area contributed by atoms with Crippen molar-refractivity contribution in [2.45, 2.75) is 251 Å². The smallest absolute Gasteiger partial charge is 0.294 e. The first-order chi connectivity index (χ1) is 66.0. The van der Waals surface area contributed by atoms with Crippen LogP contribution < -0.4 is 24.3 Å². The highest BCUT2D eigenvalue weighted by Crippen LogP contribution is 2.37. The molecule has 2 amide bonds. The Balaban J connectivity index is 0.000000223. The fourth-order valence-corrected chi connectivity index (χ4v) is 19.2. The summed E-state index contributed by atoms with van der Waals surface area (Å²) in [6.45, 7) is 37.9. The fraction of sp³-hybridized carbons (Fsp3) is 0.609. The molecule has 764 valence electrons. The van der Waals surface area contributed by atoms with E-state index in [0.717, 1.165) is 148 Å². The molecule has 0 bridgehead atoms. The molecule has 1 aliphatic carbocycles. The molecule has 0 spiro atoms. The van der Waals surface area contributed by atoms with E-state index in [4.69, 9.17) is 75.7 Å². The quantitative estimate of drug-likeness (QED) is 0.0193. The first-order valence-corrected chi connectivity index (χ1v) is 53.7. The van der Waals surface area contributed by atoms with Crippen LogP contribution in [0.25, 0.3) is 11.1 Å². The molecule has 0 aromatic heterocycles. The van der Waals surface area contributed by atoms with Crippen molar-refractivity contribution in [2.75, 3.05) is 186 Å². The SMILES string of the molecule is C1COCCN1.CC(Cc1ccc(C(C)(C)C)cc1)CN1C[C@@H](C)O[C@@H](C)C1.CC1CN(C2CCCCCCCCCCC2)CC(C)O1.CCCCCCCCCCCCc1ccc(S(=O)(=O)O)cc1.CN(C)C(=S)SCN1CCOCC1.COc1ccc(/C(=C/C(=O)N2CCOCC2)c2ccc(Cl)cc2)cc1OC.COc1ccc(C(=CC(=O)N2CCOCC2)c2ccc(F)cc2)cc1OC. The molecular formula is C110H167ClFN7O15S3. The number of rotatable bonds is 29. The monoisotopic (exact) mass is 1980 g/mol. The van der Waals surface area contributed by atoms with Crippen molar-refractivity contribution in [3.05, 3.63) is 195 Å². The normalized spacial score (nSPS) is 19.4. The average molecular weight is 1980 g/mol. The van der Waals surface area contributed by atoms with Crippen LogP contribution in [0.3, 0.4) is 0 Å². The number of thioether (sulfide) groups is 1. The number of hydrogen-bond donors (Lipinski definition) is 2. The maximum absolute atomic E-state index is 13.4. The number of halogens is 2. The Bertz CT molecular complexity index is 4340. The topological polar surface area (TPSA) is 212 Å². The van der Waals surface area contributed by atoms with Gasteiger partial charge in [0.15, 0.2) is 23.0 Å². The number of thiocarbonyl (C=S) groups is 1. The molecule has 2 N–H and O–H groups in total. The molecule has 27 heteroatoms. The largest absolute Gasteiger partial charge is 0.493 e. The summed E-state index contributed by atoms with van der Waals surface area (Å²) >= 11 is 12.9. The van der Waals surface area contributed by atoms with Crippen LogP contribution in [0, 0.1) is 11.7 Å². The average Bonchev–Trinajstić information content (AvgIpc) is 0.810. The zero-order chi connectivity index (χ0) is 99.2. The van der Waals surface area contributed by atoms with Crippen molar-refractivity contribution in [2.24, 2.45) is 5.92 Å². The Labute approximate surface area is 837 Å². The number of hydrogen-bond acceptors (Lipinski definition) is 20. The summed E-state index contributed by atoms with van der Waals surface area (Å²) in [4.78, 5) is 38.7. The van der Waals surface area contributed by atoms with Crippen molar-refractivity contribution in [1.29, 1.82) is 0 Å². The third-order valence-corrected chi connectivity index (χ3v) is 28.1. The summed E-state index contributed by atoms with van der Waals surface area (Å²) in [5.41, 5.74) is 9.00. The predicted octanol–water partition coefficient (Wildman–Crippen LogP) is 21.7. The van der Waals surface area contributed by atoms with Gasteiger partial charge in [-0.1, -0.05) is 259 Å². The van der Waals surface area contributed by atoms with Gasteiger partial charge in [0.2, 0.25) is 11.8 Å². The lowest BCUT2D eigenvalue weighted by Gasteiger charge is -2.40. The molecule has 7 aliphatic rings. The van der Waals surface area contributed by atoms with E-state index in [-0.39, 0.29) is 27.9 Å². The van der Waals surface area contributed by atoms with Gasteiger partial charge >= 0.3 is 0 Å². The third kappa shape index (κ3) is 46.2. The van der Waals surface area contributed by atoms with E-state index in [2.05, 4.69) is 107 Å². The molecule has 6 aromatic carbocycles. The minimum Gasteiger partial charge on any atom is -0.493 e. The lowest BCUT2D eigenvalue weighted by Crippen LogP contribution is -2.50. The summed E-state index contributed by atoms with van der Waals surface area (Å²) in [7, 11) is 6.20. The maximum Gasteiger partial charge on any atom is 0.294 e. The molecule has 6 aliphatic heterocycles. The number of aryl methyl sites for hydroxylation is 1. The Morgan fingerprint density at radius 2 is 0.934 bits per heavy atom. The van der Waals surface area contributed by atoms with Gasteiger partial charge in [0.05, 0.1) is 116 Å². The first kappa shape index (κ1) is 117. The van der Waals surface area contributed by atoms with Gasteiger partial charge in [0.1, 0.15) is 10.1 Å². The molecule has 13 rings (SSSR count). The summed E-state index contributed by atoms with van der Waals surface area (Å²) in [5, 5.41) is 3.80. The molecule has 22 nitrogen and oxygen atoms in total. The van der Waals surface area contributed by atoms with Crippen LogP contribution in [0.1, 0.15) is 236 Å². The number of benzene rings is 6. The van der Waals surface area contributed by atoms with E-state index in [1.807, 2.05) is 67.5 Å². The van der Waals surface area contributed by atoms with Crippen LogP contribution in [-0.2, 0) is 66.4 Å². The van der Waals surface area contributed by atoms with E-state index in [1.165, 1.54) is 170 Å². The summed E-state index contributed by atoms with van der Waals surface area (Å²) < 4.78 is 99.2. The van der Waals surface area contributed by atoms with Crippen molar-refractivity contribution >= 4 is 73.0 Å². The zero-order valence-corrected chi connectivity index (χ0v) is 88.7. The van der Waals surface area contributed by atoms with E-state index >= 15 is 0 Å². The number of ether oxygens (including phenoxy) is 10. The predicted molar refractivity (Wildman–Crippen MR) is 563 cm³/mol. The fourth-order valence-electron chi connectivity index (χ4n) is 17.6. The molecule has 5 atom stereocenters. The van der Waals surface area contributed by atoms with Gasteiger partial charge in [-0.05, 0) is 182 Å². The molecule has 7 fully saturated rings. The molecule has 0 radical (unpaired) electrons. The van der Waals surface area contributed by atoms with Gasteiger partial charge in [0, 0.05) is 122 Å². The number of carbonyl (C=O) groups is 2. The molecule has 6 saturated heterocycles. The molecule has 6 heterocycles. The van der Waals surface area contributed by atoms with E-state index in [1.54, 1.807) is 98.6 Å². The number of nitrogens with zero attached hydrogens (tertiary/aromatic N) is 6. The Morgan fingerprint density at radius 3 is 1.34 bits per heavy atom. The number of amides is 2. The second-order valence-electron chi connectivity index (χ2n) is 38.1. The Hall–Kier alpha value is -7.09. The van der Waals surface area contributed by atoms with Gasteiger partial charge in [-0.3, -0.25) is 28.8 Å². The molecule has 137 heavy (non-hydrogen) atoms. The highest BCUT2D eigenvalue weighted by Gasteiger charge is 2.29. The van der Waals surface area contributed by atoms with Gasteiger partial charge in [-0.15, -0.1) is 0 Å². The number of carbonyl (C=O) groups excluding carboxylic acids is 2. The second kappa shape index (κ2) is 65.9. The Kier molecular flexibility index (Phi) is 56.2. The maximum atomic E-state index is 13.4. The molecule has 3 unspecified atom stereocenters. The summed E-state index contributed by atoms with van der Waals surface area (Å²) in [5.74, 6) is 3.58. The summed E-state index contributed by atoms with van der Waals surface area (Å²) in [6.07, 6.45) is 36.0. The second-order valence-corrected chi connectivity index (χ2v) is 41.5. The lowest BCUT2D eigenvalue weighted by molar-refractivity contribution is -0.130. The van der Waals surface area contributed by atoms with Crippen LogP contribution in [0.5, 0.6) is 23.0 Å². The zero-order valence-electron chi connectivity index (χ0n) is 85.5. The third-order valence-electron chi connectivity index (χ3n) is 25.1. The number of methoxy groups -OCH3 is 4. The van der Waals surface area contributed by atoms with Crippen molar-refractivity contribution < 1.29 is 74.3 Å². The lowest BCUT2D eigenvalue weighted by atomic mass is 9.86. The van der Waals surface area contributed by atoms with Crippen molar-refractivity contribution in [3.8, 4) is 23.0 Å². The minimum atomic E-state index is -4.06. The van der Waals surface area contributed by atoms with E-state index in [9.17, 15) is 22.4 Å². The van der Waals surface area contributed by atoms with Crippen LogP contribution in [0.4, 0.5) is 4.39 Å². The van der Waals surface area contributed by atoms with Crippen LogP contribution in [0.2, 0.25) is 5.02 Å². The van der Waals surface area contributed by atoms with Crippen LogP contribution >= 0.6 is 35.6 Å². The minimum absolute atomic E-state index is 0.0284. The molecular weight excluding hydrogens is 1810 g/mol. The standard InChI is InChI=1S/C21H22ClNO4.C21H22FNO4.C20H33NO.C18H35NO.C18H30O3S.C8H16N2OS2.C4H9NO/c2*1-25-19-8-5-16(13-20(19)26-2)18(15-3-6-17(22)7-4-15)14-21(24)23-9-11-27-12-10-23;1-15(12-21-13-16(2)22-17(3)14-21)11-18-7-9-19(10-8-18)20(4,5)6;1-16-14-19(15-17(2)20-16)18-12-10-8-6-4-3-5-7-9-11-13-18;1-2-3-4-5-6-7-8-9-10-11-12-17-13-15-18(16-14-17)22(19,20)21;1-9(2)8(12)13-7-10-3-5-11-6-4-10;1-3-6-4-2-5-1/h2*3-8,13-14H,9-12H2,1-2H3;7-10,15-17H,11-14H2,1-6H3;16-18H,3-15H2,1-2H3;13-16H,2-12H2,1H3,(H,19,20,21);3-7H2,1-2H3;5H,1-4H2/b18-14+;;;;;;/t;;15?,16-,17+;;;;. The van der Waals surface area contributed by atoms with Gasteiger partial charge in [0.25, 0.3) is 10.1 Å². The van der Waals surface area contributed by atoms with Crippen LogP contribution in [-0.4, -0.2) is 275 Å². The van der Waals surface area contributed by atoms with Crippen molar-refractivity contribution in [3.63, 3.8) is 0 Å². The highest BCUT2D eigenvalue weighted by atomic mass is 35.5. The number of morpholine rings is 6. The number of nitrogens with one attached hydrogen (secondary N) is 1. The van der Waals surface area contributed by atoms with Crippen molar-refractivity contribution in [1.82, 2.24) is 34.7 Å². The first-order valence-electron chi connectivity index (χ1n) is 50.5. The molecule has 6 aromatic rings. The van der Waals surface area contributed by atoms with Gasteiger partial charge < -0.3 is 67.4 Å². The van der Waals surface area contributed by atoms with E-state index < -0.39 is 10.1 Å². The van der Waals surface area contributed by atoms with Gasteiger partial charge in [-0.2, -0.15) is 8.42 Å². The van der Waals surface area contributed by atoms with Crippen LogP contribution in [0.15, 0.2) is 151 Å². The molecule has 1 saturated carbocycles. The highest BCUT2D eigenvalue weighted by molar-refractivity contribution is 8.22. The summed E-state index contributed by atoms with van der Waals surface area (Å²) in [6, 6.07) is 41.1. The van der Waals surface area contributed by atoms with Gasteiger partial charge in [-0.25, -0.2) is 4.39 Å². The van der Waals surface area contributed by atoms with E-state index in [0.29, 0.717) is 117 Å².